The number of nitrogens with one attached hydrogen (secondary N) is 1. The first-order chi connectivity index (χ1) is 7.75. The van der Waals surface area contributed by atoms with Gasteiger partial charge in [0.05, 0.1) is 19.8 Å². The van der Waals surface area contributed by atoms with Gasteiger partial charge < -0.3 is 15.2 Å². The van der Waals surface area contributed by atoms with Gasteiger partial charge in [-0.1, -0.05) is 17.7 Å². The van der Waals surface area contributed by atoms with Crippen molar-refractivity contribution in [1.82, 2.24) is 5.32 Å². The molecule has 1 aromatic rings. The monoisotopic (exact) mass is 283 g/mol. The SMILES string of the molecule is Cl.OCCOCCNCc1c(F)cccc1Cl. The average Bonchev–Trinajstić information content (AvgIpc) is 2.26. The van der Waals surface area contributed by atoms with E-state index in [1.54, 1.807) is 12.1 Å². The summed E-state index contributed by atoms with van der Waals surface area (Å²) in [5, 5.41) is 11.9. The molecule has 1 aromatic carbocycles. The van der Waals surface area contributed by atoms with Crippen LogP contribution in [-0.2, 0) is 11.3 Å². The van der Waals surface area contributed by atoms with E-state index in [2.05, 4.69) is 5.32 Å². The third-order valence-electron chi connectivity index (χ3n) is 2.02. The first-order valence-electron chi connectivity index (χ1n) is 5.08. The number of aliphatic hydroxyl groups excluding tert-OH is 1. The minimum atomic E-state index is -0.309. The van der Waals surface area contributed by atoms with Gasteiger partial charge >= 0.3 is 0 Å². The fourth-order valence-electron chi connectivity index (χ4n) is 1.23. The summed E-state index contributed by atoms with van der Waals surface area (Å²) in [5.41, 5.74) is 0.464. The van der Waals surface area contributed by atoms with E-state index in [0.29, 0.717) is 36.9 Å². The smallest absolute Gasteiger partial charge is 0.129 e. The van der Waals surface area contributed by atoms with E-state index < -0.39 is 0 Å². The van der Waals surface area contributed by atoms with E-state index in [0.717, 1.165) is 0 Å². The molecule has 6 heteroatoms. The molecule has 0 aromatic heterocycles. The summed E-state index contributed by atoms with van der Waals surface area (Å²) in [5.74, 6) is -0.309. The number of hydrogen-bond donors (Lipinski definition) is 2. The molecule has 0 saturated carbocycles. The summed E-state index contributed by atoms with van der Waals surface area (Å²) < 4.78 is 18.3. The lowest BCUT2D eigenvalue weighted by Crippen LogP contribution is -2.20. The molecule has 0 bridgehead atoms. The number of rotatable bonds is 7. The predicted molar refractivity (Wildman–Crippen MR) is 68.3 cm³/mol. The maximum absolute atomic E-state index is 13.3. The van der Waals surface area contributed by atoms with Crippen molar-refractivity contribution in [3.63, 3.8) is 0 Å². The molecule has 17 heavy (non-hydrogen) atoms. The molecule has 0 aliphatic rings. The van der Waals surface area contributed by atoms with Crippen molar-refractivity contribution in [2.24, 2.45) is 0 Å². The average molecular weight is 284 g/mol. The Morgan fingerprint density at radius 1 is 1.35 bits per heavy atom. The van der Waals surface area contributed by atoms with E-state index in [9.17, 15) is 4.39 Å². The zero-order chi connectivity index (χ0) is 11.8. The lowest BCUT2D eigenvalue weighted by molar-refractivity contribution is 0.0937. The quantitative estimate of drug-likeness (QED) is 0.752. The molecule has 2 N–H and O–H groups in total. The Morgan fingerprint density at radius 3 is 2.76 bits per heavy atom. The second-order valence-electron chi connectivity index (χ2n) is 3.21. The Morgan fingerprint density at radius 2 is 2.12 bits per heavy atom. The minimum Gasteiger partial charge on any atom is -0.394 e. The van der Waals surface area contributed by atoms with Crippen molar-refractivity contribution in [2.75, 3.05) is 26.4 Å². The van der Waals surface area contributed by atoms with Crippen LogP contribution < -0.4 is 5.32 Å². The van der Waals surface area contributed by atoms with Gasteiger partial charge in [0, 0.05) is 23.7 Å². The Labute approximate surface area is 111 Å². The second kappa shape index (κ2) is 9.62. The first kappa shape index (κ1) is 16.6. The summed E-state index contributed by atoms with van der Waals surface area (Å²) in [6.07, 6.45) is 0. The molecule has 0 saturated heterocycles. The van der Waals surface area contributed by atoms with Gasteiger partial charge in [-0.3, -0.25) is 0 Å². The van der Waals surface area contributed by atoms with Gasteiger partial charge in [-0.15, -0.1) is 12.4 Å². The topological polar surface area (TPSA) is 41.5 Å². The first-order valence-corrected chi connectivity index (χ1v) is 5.45. The standard InChI is InChI=1S/C11H15ClFNO2.ClH/c12-10-2-1-3-11(13)9(10)8-14-4-6-16-7-5-15;/h1-3,14-15H,4-8H2;1H. The summed E-state index contributed by atoms with van der Waals surface area (Å²) in [6.45, 7) is 1.77. The lowest BCUT2D eigenvalue weighted by Gasteiger charge is -2.07. The fourth-order valence-corrected chi connectivity index (χ4v) is 1.46. The van der Waals surface area contributed by atoms with Crippen LogP contribution in [0.2, 0.25) is 5.02 Å². The maximum atomic E-state index is 13.3. The molecular weight excluding hydrogens is 268 g/mol. The van der Waals surface area contributed by atoms with Crippen LogP contribution in [0.15, 0.2) is 18.2 Å². The van der Waals surface area contributed by atoms with Crippen LogP contribution in [0, 0.1) is 5.82 Å². The number of hydrogen-bond acceptors (Lipinski definition) is 3. The van der Waals surface area contributed by atoms with Crippen LogP contribution in [0.25, 0.3) is 0 Å². The summed E-state index contributed by atoms with van der Waals surface area (Å²) in [6, 6.07) is 4.61. The molecular formula is C11H16Cl2FNO2. The highest BCUT2D eigenvalue weighted by Crippen LogP contribution is 2.18. The third kappa shape index (κ3) is 6.19. The third-order valence-corrected chi connectivity index (χ3v) is 2.38. The Hall–Kier alpha value is -0.390. The number of aliphatic hydroxyl groups is 1. The molecule has 98 valence electrons. The highest BCUT2D eigenvalue weighted by Gasteiger charge is 2.05. The number of halogens is 3. The molecule has 0 atom stereocenters. The molecule has 0 unspecified atom stereocenters. The Kier molecular flexibility index (Phi) is 9.40. The Balaban J connectivity index is 0.00000256. The van der Waals surface area contributed by atoms with Crippen LogP contribution in [0.5, 0.6) is 0 Å². The van der Waals surface area contributed by atoms with E-state index in [4.69, 9.17) is 21.4 Å². The summed E-state index contributed by atoms with van der Waals surface area (Å²) in [7, 11) is 0. The van der Waals surface area contributed by atoms with Gasteiger partial charge in [-0.2, -0.15) is 0 Å². The van der Waals surface area contributed by atoms with Crippen molar-refractivity contribution < 1.29 is 14.2 Å². The van der Waals surface area contributed by atoms with Crippen molar-refractivity contribution >= 4 is 24.0 Å². The zero-order valence-electron chi connectivity index (χ0n) is 9.29. The molecule has 0 radical (unpaired) electrons. The highest BCUT2D eigenvalue weighted by atomic mass is 35.5. The van der Waals surface area contributed by atoms with Crippen molar-refractivity contribution in [2.45, 2.75) is 6.54 Å². The number of ether oxygens (including phenoxy) is 1. The highest BCUT2D eigenvalue weighted by molar-refractivity contribution is 6.31. The Bertz CT molecular complexity index is 306. The largest absolute Gasteiger partial charge is 0.394 e. The number of benzene rings is 1. The van der Waals surface area contributed by atoms with Crippen LogP contribution in [-0.4, -0.2) is 31.5 Å². The predicted octanol–water partition coefficient (Wildman–Crippen LogP) is 2.00. The molecule has 3 nitrogen and oxygen atoms in total. The van der Waals surface area contributed by atoms with Crippen molar-refractivity contribution in [1.29, 1.82) is 0 Å². The molecule has 0 spiro atoms. The van der Waals surface area contributed by atoms with Crippen LogP contribution >= 0.6 is 24.0 Å². The van der Waals surface area contributed by atoms with Gasteiger partial charge in [0.2, 0.25) is 0 Å². The van der Waals surface area contributed by atoms with Gasteiger partial charge in [-0.05, 0) is 12.1 Å². The lowest BCUT2D eigenvalue weighted by atomic mass is 10.2. The molecule has 0 fully saturated rings. The minimum absolute atomic E-state index is 0. The molecule has 0 heterocycles. The normalized spacial score (nSPS) is 10.1. The van der Waals surface area contributed by atoms with E-state index in [-0.39, 0.29) is 24.8 Å². The van der Waals surface area contributed by atoms with Crippen molar-refractivity contribution in [3.05, 3.63) is 34.6 Å². The summed E-state index contributed by atoms with van der Waals surface area (Å²) in [4.78, 5) is 0. The second-order valence-corrected chi connectivity index (χ2v) is 3.62. The molecule has 0 amide bonds. The van der Waals surface area contributed by atoms with Crippen molar-refractivity contribution in [3.8, 4) is 0 Å². The van der Waals surface area contributed by atoms with Gasteiger partial charge in [0.25, 0.3) is 0 Å². The van der Waals surface area contributed by atoms with Crippen LogP contribution in [0.3, 0.4) is 0 Å². The summed E-state index contributed by atoms with van der Waals surface area (Å²) >= 11 is 5.85. The fraction of sp³-hybridized carbons (Fsp3) is 0.455. The van der Waals surface area contributed by atoms with E-state index in [1.807, 2.05) is 0 Å². The van der Waals surface area contributed by atoms with E-state index in [1.165, 1.54) is 6.07 Å². The molecule has 0 aliphatic carbocycles. The van der Waals surface area contributed by atoms with Crippen LogP contribution in [0.4, 0.5) is 4.39 Å². The van der Waals surface area contributed by atoms with Gasteiger partial charge in [0.1, 0.15) is 5.82 Å². The molecule has 0 aliphatic heterocycles. The zero-order valence-corrected chi connectivity index (χ0v) is 10.9. The van der Waals surface area contributed by atoms with E-state index >= 15 is 0 Å². The maximum Gasteiger partial charge on any atom is 0.129 e. The van der Waals surface area contributed by atoms with Gasteiger partial charge in [0.15, 0.2) is 0 Å². The molecule has 1 rings (SSSR count). The van der Waals surface area contributed by atoms with Gasteiger partial charge in [-0.25, -0.2) is 4.39 Å². The van der Waals surface area contributed by atoms with Crippen LogP contribution in [0.1, 0.15) is 5.56 Å².